The maximum absolute atomic E-state index is 12.9. The van der Waals surface area contributed by atoms with Crippen molar-refractivity contribution in [3.8, 4) is 0 Å². The van der Waals surface area contributed by atoms with Gasteiger partial charge in [-0.3, -0.25) is 9.89 Å². The van der Waals surface area contributed by atoms with Crippen molar-refractivity contribution in [3.63, 3.8) is 0 Å². The van der Waals surface area contributed by atoms with E-state index < -0.39 is 10.0 Å². The van der Waals surface area contributed by atoms with Crippen molar-refractivity contribution < 1.29 is 17.9 Å². The van der Waals surface area contributed by atoms with Crippen molar-refractivity contribution in [2.75, 3.05) is 26.3 Å². The minimum Gasteiger partial charge on any atom is -0.379 e. The summed E-state index contributed by atoms with van der Waals surface area (Å²) in [6, 6.07) is 6.60. The number of aromatic nitrogens is 2. The van der Waals surface area contributed by atoms with Crippen molar-refractivity contribution in [1.29, 1.82) is 0 Å². The molecule has 2 heterocycles. The zero-order valence-corrected chi connectivity index (χ0v) is 15.0. The molecule has 0 bridgehead atoms. The van der Waals surface area contributed by atoms with E-state index in [1.165, 1.54) is 10.5 Å². The van der Waals surface area contributed by atoms with Crippen LogP contribution in [0.1, 0.15) is 34.1 Å². The fourth-order valence-corrected chi connectivity index (χ4v) is 4.89. The van der Waals surface area contributed by atoms with Gasteiger partial charge in [0.15, 0.2) is 0 Å². The molecular formula is C17H20N4O4S. The lowest BCUT2D eigenvalue weighted by atomic mass is 10.1. The highest BCUT2D eigenvalue weighted by Gasteiger charge is 2.30. The Bertz CT molecular complexity index is 905. The number of sulfonamides is 1. The zero-order chi connectivity index (χ0) is 18.1. The van der Waals surface area contributed by atoms with Crippen LogP contribution >= 0.6 is 0 Å². The summed E-state index contributed by atoms with van der Waals surface area (Å²) < 4.78 is 32.4. The Morgan fingerprint density at radius 2 is 2.08 bits per heavy atom. The van der Waals surface area contributed by atoms with Crippen molar-refractivity contribution >= 4 is 15.9 Å². The Hall–Kier alpha value is -2.23. The predicted octanol–water partition coefficient (Wildman–Crippen LogP) is 0.848. The summed E-state index contributed by atoms with van der Waals surface area (Å²) >= 11 is 0. The van der Waals surface area contributed by atoms with E-state index in [0.717, 1.165) is 24.0 Å². The number of morpholine rings is 1. The average molecular weight is 376 g/mol. The van der Waals surface area contributed by atoms with Crippen LogP contribution < -0.4 is 5.32 Å². The van der Waals surface area contributed by atoms with E-state index in [1.54, 1.807) is 18.2 Å². The van der Waals surface area contributed by atoms with Gasteiger partial charge in [-0.05, 0) is 42.2 Å². The van der Waals surface area contributed by atoms with Crippen LogP contribution in [0.3, 0.4) is 0 Å². The van der Waals surface area contributed by atoms with Crippen molar-refractivity contribution in [1.82, 2.24) is 19.8 Å². The molecule has 0 saturated carbocycles. The number of ether oxygens (including phenoxy) is 1. The summed E-state index contributed by atoms with van der Waals surface area (Å²) in [5, 5.41) is 9.37. The quantitative estimate of drug-likeness (QED) is 0.823. The van der Waals surface area contributed by atoms with E-state index in [0.29, 0.717) is 32.0 Å². The molecule has 1 atom stereocenters. The smallest absolute Gasteiger partial charge is 0.269 e. The highest BCUT2D eigenvalue weighted by Crippen LogP contribution is 2.33. The third-order valence-electron chi connectivity index (χ3n) is 4.85. The number of carbonyl (C=O) groups is 1. The van der Waals surface area contributed by atoms with Crippen molar-refractivity contribution in [3.05, 3.63) is 47.3 Å². The molecule has 1 aliphatic heterocycles. The SMILES string of the molecule is O=C(N[C@H]1CCc2ccc(S(=O)(=O)N3CCOCC3)cc21)c1ccn[nH]1. The number of nitrogens with zero attached hydrogens (tertiary/aromatic N) is 2. The topological polar surface area (TPSA) is 104 Å². The standard InChI is InChI=1S/C17H20N4O4S/c22-17(16-5-6-18-20-16)19-15-4-2-12-1-3-13(11-14(12)15)26(23,24)21-7-9-25-10-8-21/h1,3,5-6,11,15H,2,4,7-10H2,(H,18,20)(H,19,22)/t15-/m0/s1. The van der Waals surface area contributed by atoms with Gasteiger partial charge in [0.05, 0.1) is 24.2 Å². The molecule has 0 radical (unpaired) electrons. The first-order chi connectivity index (χ1) is 12.6. The lowest BCUT2D eigenvalue weighted by molar-refractivity contribution is 0.0730. The van der Waals surface area contributed by atoms with Gasteiger partial charge in [-0.2, -0.15) is 9.40 Å². The van der Waals surface area contributed by atoms with Crippen LogP contribution in [-0.4, -0.2) is 55.1 Å². The molecule has 2 aromatic rings. The second-order valence-corrected chi connectivity index (χ2v) is 8.35. The molecule has 0 unspecified atom stereocenters. The summed E-state index contributed by atoms with van der Waals surface area (Å²) in [6.07, 6.45) is 3.07. The first kappa shape index (κ1) is 17.2. The van der Waals surface area contributed by atoms with Crippen LogP contribution in [0.4, 0.5) is 0 Å². The van der Waals surface area contributed by atoms with E-state index in [2.05, 4.69) is 15.5 Å². The fraction of sp³-hybridized carbons (Fsp3) is 0.412. The van der Waals surface area contributed by atoms with Gasteiger partial charge in [-0.25, -0.2) is 8.42 Å². The lowest BCUT2D eigenvalue weighted by Gasteiger charge is -2.26. The Morgan fingerprint density at radius 3 is 2.81 bits per heavy atom. The van der Waals surface area contributed by atoms with Crippen molar-refractivity contribution in [2.45, 2.75) is 23.8 Å². The number of aryl methyl sites for hydroxylation is 1. The van der Waals surface area contributed by atoms with E-state index in [4.69, 9.17) is 4.74 Å². The highest BCUT2D eigenvalue weighted by molar-refractivity contribution is 7.89. The first-order valence-electron chi connectivity index (χ1n) is 8.56. The van der Waals surface area contributed by atoms with Crippen LogP contribution in [0, 0.1) is 0 Å². The van der Waals surface area contributed by atoms with E-state index in [9.17, 15) is 13.2 Å². The first-order valence-corrected chi connectivity index (χ1v) is 10.0. The summed E-state index contributed by atoms with van der Waals surface area (Å²) in [5.41, 5.74) is 2.32. The van der Waals surface area contributed by atoms with Gasteiger partial charge >= 0.3 is 0 Å². The second kappa shape index (κ2) is 6.82. The average Bonchev–Trinajstić information content (AvgIpc) is 3.32. The fourth-order valence-electron chi connectivity index (χ4n) is 3.45. The van der Waals surface area contributed by atoms with Gasteiger partial charge in [-0.15, -0.1) is 0 Å². The normalized spacial score (nSPS) is 20.7. The summed E-state index contributed by atoms with van der Waals surface area (Å²) in [4.78, 5) is 12.5. The van der Waals surface area contributed by atoms with Crippen molar-refractivity contribution in [2.24, 2.45) is 0 Å². The molecule has 4 rings (SSSR count). The van der Waals surface area contributed by atoms with Gasteiger partial charge in [0.25, 0.3) is 5.91 Å². The van der Waals surface area contributed by atoms with Gasteiger partial charge in [0.1, 0.15) is 5.69 Å². The molecule has 0 spiro atoms. The largest absolute Gasteiger partial charge is 0.379 e. The molecule has 9 heteroatoms. The summed E-state index contributed by atoms with van der Waals surface area (Å²) in [7, 11) is -3.55. The third kappa shape index (κ3) is 3.13. The summed E-state index contributed by atoms with van der Waals surface area (Å²) in [6.45, 7) is 1.54. The number of hydrogen-bond acceptors (Lipinski definition) is 5. The molecule has 1 saturated heterocycles. The summed E-state index contributed by atoms with van der Waals surface area (Å²) in [5.74, 6) is -0.248. The number of aromatic amines is 1. The molecule has 1 amide bonds. The van der Waals surface area contributed by atoms with Gasteiger partial charge in [0, 0.05) is 19.3 Å². The molecule has 138 valence electrons. The Morgan fingerprint density at radius 1 is 1.27 bits per heavy atom. The molecule has 1 aliphatic carbocycles. The highest BCUT2D eigenvalue weighted by atomic mass is 32.2. The van der Waals surface area contributed by atoms with Crippen LogP contribution in [-0.2, 0) is 21.2 Å². The van der Waals surface area contributed by atoms with Crippen LogP contribution in [0.2, 0.25) is 0 Å². The van der Waals surface area contributed by atoms with Gasteiger partial charge in [0.2, 0.25) is 10.0 Å². The molecule has 2 aliphatic rings. The number of rotatable bonds is 4. The Kier molecular flexibility index (Phi) is 4.51. The Balaban J connectivity index is 1.58. The molecule has 1 aromatic heterocycles. The van der Waals surface area contributed by atoms with Crippen LogP contribution in [0.5, 0.6) is 0 Å². The Labute approximate surface area is 151 Å². The molecule has 2 N–H and O–H groups in total. The number of hydrogen-bond donors (Lipinski definition) is 2. The van der Waals surface area contributed by atoms with Crippen LogP contribution in [0.15, 0.2) is 35.4 Å². The zero-order valence-electron chi connectivity index (χ0n) is 14.1. The second-order valence-electron chi connectivity index (χ2n) is 6.41. The van der Waals surface area contributed by atoms with E-state index >= 15 is 0 Å². The maximum atomic E-state index is 12.9. The number of H-pyrrole nitrogens is 1. The number of amides is 1. The number of fused-ring (bicyclic) bond motifs is 1. The van der Waals surface area contributed by atoms with Crippen LogP contribution in [0.25, 0.3) is 0 Å². The number of nitrogens with one attached hydrogen (secondary N) is 2. The molecule has 26 heavy (non-hydrogen) atoms. The minimum absolute atomic E-state index is 0.208. The molecule has 1 aromatic carbocycles. The monoisotopic (exact) mass is 376 g/mol. The molecular weight excluding hydrogens is 356 g/mol. The van der Waals surface area contributed by atoms with Gasteiger partial charge < -0.3 is 10.1 Å². The predicted molar refractivity (Wildman–Crippen MR) is 93.1 cm³/mol. The lowest BCUT2D eigenvalue weighted by Crippen LogP contribution is -2.40. The molecule has 8 nitrogen and oxygen atoms in total. The maximum Gasteiger partial charge on any atom is 0.269 e. The minimum atomic E-state index is -3.55. The molecule has 1 fully saturated rings. The number of carbonyl (C=O) groups excluding carboxylic acids is 1. The van der Waals surface area contributed by atoms with E-state index in [1.807, 2.05) is 6.07 Å². The third-order valence-corrected chi connectivity index (χ3v) is 6.75. The van der Waals surface area contributed by atoms with E-state index in [-0.39, 0.29) is 16.8 Å². The van der Waals surface area contributed by atoms with Gasteiger partial charge in [-0.1, -0.05) is 6.07 Å². The number of benzene rings is 1.